The van der Waals surface area contributed by atoms with Crippen molar-refractivity contribution in [1.82, 2.24) is 0 Å². The molecule has 22 heavy (non-hydrogen) atoms. The fraction of sp³-hybridized carbons (Fsp3) is 0.188. The summed E-state index contributed by atoms with van der Waals surface area (Å²) in [6, 6.07) is 8.92. The Balaban J connectivity index is 1.83. The number of rotatable bonds is 5. The summed E-state index contributed by atoms with van der Waals surface area (Å²) >= 11 is 7.16. The van der Waals surface area contributed by atoms with Crippen LogP contribution < -0.4 is 5.32 Å². The minimum atomic E-state index is -0.883. The van der Waals surface area contributed by atoms with E-state index >= 15 is 0 Å². The van der Waals surface area contributed by atoms with Gasteiger partial charge in [0.25, 0.3) is 0 Å². The van der Waals surface area contributed by atoms with Gasteiger partial charge in [0.1, 0.15) is 0 Å². The molecule has 0 aromatic heterocycles. The van der Waals surface area contributed by atoms with Crippen LogP contribution in [0.1, 0.15) is 12.0 Å². The lowest BCUT2D eigenvalue weighted by atomic mass is 10.2. The normalized spacial score (nSPS) is 10.5. The van der Waals surface area contributed by atoms with Gasteiger partial charge in [-0.25, -0.2) is 8.78 Å². The average molecular weight is 342 g/mol. The van der Waals surface area contributed by atoms with E-state index in [0.29, 0.717) is 21.4 Å². The quantitative estimate of drug-likeness (QED) is 0.771. The third kappa shape index (κ3) is 4.71. The van der Waals surface area contributed by atoms with E-state index < -0.39 is 11.6 Å². The molecule has 6 heteroatoms. The lowest BCUT2D eigenvalue weighted by molar-refractivity contribution is -0.115. The molecule has 0 atom stereocenters. The van der Waals surface area contributed by atoms with Gasteiger partial charge in [-0.05, 0) is 48.9 Å². The molecule has 0 aliphatic rings. The van der Waals surface area contributed by atoms with Crippen LogP contribution in [0.15, 0.2) is 41.3 Å². The zero-order valence-corrected chi connectivity index (χ0v) is 13.4. The Hall–Kier alpha value is -1.59. The molecule has 0 aliphatic heterocycles. The number of amides is 1. The number of nitrogens with one attached hydrogen (secondary N) is 1. The molecule has 0 fully saturated rings. The Morgan fingerprint density at radius 1 is 1.18 bits per heavy atom. The topological polar surface area (TPSA) is 29.1 Å². The summed E-state index contributed by atoms with van der Waals surface area (Å²) < 4.78 is 25.9. The number of carbonyl (C=O) groups is 1. The highest BCUT2D eigenvalue weighted by Crippen LogP contribution is 2.22. The van der Waals surface area contributed by atoms with Gasteiger partial charge in [0.2, 0.25) is 5.91 Å². The summed E-state index contributed by atoms with van der Waals surface area (Å²) in [5.41, 5.74) is 1.60. The van der Waals surface area contributed by atoms with Gasteiger partial charge in [0.15, 0.2) is 11.6 Å². The molecule has 1 amide bonds. The first-order valence-corrected chi connectivity index (χ1v) is 7.96. The van der Waals surface area contributed by atoms with Crippen LogP contribution in [0.2, 0.25) is 5.02 Å². The van der Waals surface area contributed by atoms with E-state index in [1.807, 2.05) is 6.92 Å². The van der Waals surface area contributed by atoms with Gasteiger partial charge in [-0.2, -0.15) is 0 Å². The van der Waals surface area contributed by atoms with Crippen LogP contribution in [0.25, 0.3) is 0 Å². The third-order valence-electron chi connectivity index (χ3n) is 2.95. The first kappa shape index (κ1) is 16.8. The molecular weight excluding hydrogens is 328 g/mol. The number of hydrogen-bond donors (Lipinski definition) is 1. The molecule has 2 rings (SSSR count). The van der Waals surface area contributed by atoms with Crippen molar-refractivity contribution in [2.45, 2.75) is 18.2 Å². The molecule has 2 aromatic carbocycles. The Morgan fingerprint density at radius 3 is 2.64 bits per heavy atom. The summed E-state index contributed by atoms with van der Waals surface area (Å²) in [4.78, 5) is 12.5. The van der Waals surface area contributed by atoms with E-state index in [4.69, 9.17) is 11.6 Å². The van der Waals surface area contributed by atoms with Gasteiger partial charge in [0, 0.05) is 27.8 Å². The van der Waals surface area contributed by atoms with E-state index in [0.717, 1.165) is 17.7 Å². The maximum absolute atomic E-state index is 13.1. The molecule has 2 aromatic rings. The molecule has 0 saturated heterocycles. The maximum atomic E-state index is 13.1. The van der Waals surface area contributed by atoms with Crippen LogP contribution in [0, 0.1) is 18.6 Å². The molecule has 0 spiro atoms. The molecule has 0 unspecified atom stereocenters. The van der Waals surface area contributed by atoms with Crippen LogP contribution in [0.3, 0.4) is 0 Å². The van der Waals surface area contributed by atoms with E-state index in [-0.39, 0.29) is 12.3 Å². The van der Waals surface area contributed by atoms with Gasteiger partial charge >= 0.3 is 0 Å². The average Bonchev–Trinajstić information content (AvgIpc) is 2.46. The first-order chi connectivity index (χ1) is 10.5. The fourth-order valence-corrected chi connectivity index (χ4v) is 2.91. The van der Waals surface area contributed by atoms with Gasteiger partial charge < -0.3 is 5.32 Å². The fourth-order valence-electron chi connectivity index (χ4n) is 1.81. The number of hydrogen-bond acceptors (Lipinski definition) is 2. The minimum Gasteiger partial charge on any atom is -0.326 e. The number of anilines is 1. The number of aryl methyl sites for hydroxylation is 1. The standard InChI is InChI=1S/C16H14ClF2NOS/c1-10-8-11(17)2-5-15(10)20-16(21)6-7-22-12-3-4-13(18)14(19)9-12/h2-5,8-9H,6-7H2,1H3,(H,20,21). The van der Waals surface area contributed by atoms with Crippen LogP contribution in [0.5, 0.6) is 0 Å². The zero-order valence-electron chi connectivity index (χ0n) is 11.8. The lowest BCUT2D eigenvalue weighted by Gasteiger charge is -2.08. The molecule has 0 heterocycles. The van der Waals surface area contributed by atoms with Crippen molar-refractivity contribution in [3.05, 3.63) is 58.6 Å². The summed E-state index contributed by atoms with van der Waals surface area (Å²) in [6.07, 6.45) is 0.270. The van der Waals surface area contributed by atoms with Crippen molar-refractivity contribution in [2.24, 2.45) is 0 Å². The van der Waals surface area contributed by atoms with E-state index in [1.165, 1.54) is 17.8 Å². The van der Waals surface area contributed by atoms with Gasteiger partial charge in [-0.1, -0.05) is 11.6 Å². The lowest BCUT2D eigenvalue weighted by Crippen LogP contribution is -2.13. The molecule has 0 radical (unpaired) electrons. The number of benzene rings is 2. The highest BCUT2D eigenvalue weighted by atomic mass is 35.5. The second-order valence-electron chi connectivity index (χ2n) is 4.68. The molecule has 116 valence electrons. The Morgan fingerprint density at radius 2 is 1.95 bits per heavy atom. The van der Waals surface area contributed by atoms with Crippen LogP contribution in [-0.4, -0.2) is 11.7 Å². The summed E-state index contributed by atoms with van der Waals surface area (Å²) in [7, 11) is 0. The monoisotopic (exact) mass is 341 g/mol. The van der Waals surface area contributed by atoms with Crippen LogP contribution in [-0.2, 0) is 4.79 Å². The second-order valence-corrected chi connectivity index (χ2v) is 6.29. The number of carbonyl (C=O) groups excluding carboxylic acids is 1. The highest BCUT2D eigenvalue weighted by Gasteiger charge is 2.07. The van der Waals surface area contributed by atoms with Crippen molar-refractivity contribution in [1.29, 1.82) is 0 Å². The van der Waals surface area contributed by atoms with E-state index in [9.17, 15) is 13.6 Å². The van der Waals surface area contributed by atoms with Gasteiger partial charge in [0.05, 0.1) is 0 Å². The molecule has 1 N–H and O–H groups in total. The van der Waals surface area contributed by atoms with Crippen molar-refractivity contribution in [2.75, 3.05) is 11.1 Å². The summed E-state index contributed by atoms with van der Waals surface area (Å²) in [5, 5.41) is 3.41. The Kier molecular flexibility index (Phi) is 5.80. The summed E-state index contributed by atoms with van der Waals surface area (Å²) in [5.74, 6) is -1.42. The third-order valence-corrected chi connectivity index (χ3v) is 4.18. The predicted octanol–water partition coefficient (Wildman–Crippen LogP) is 5.05. The summed E-state index contributed by atoms with van der Waals surface area (Å²) in [6.45, 7) is 1.86. The second kappa shape index (κ2) is 7.61. The van der Waals surface area contributed by atoms with Gasteiger partial charge in [-0.15, -0.1) is 11.8 Å². The maximum Gasteiger partial charge on any atom is 0.225 e. The number of thioether (sulfide) groups is 1. The molecule has 0 saturated carbocycles. The van der Waals surface area contributed by atoms with E-state index in [1.54, 1.807) is 18.2 Å². The van der Waals surface area contributed by atoms with Crippen LogP contribution >= 0.6 is 23.4 Å². The molecule has 2 nitrogen and oxygen atoms in total. The SMILES string of the molecule is Cc1cc(Cl)ccc1NC(=O)CCSc1ccc(F)c(F)c1. The Labute approximate surface area is 136 Å². The van der Waals surface area contributed by atoms with Crippen molar-refractivity contribution in [3.8, 4) is 0 Å². The predicted molar refractivity (Wildman–Crippen MR) is 86.5 cm³/mol. The van der Waals surface area contributed by atoms with Crippen molar-refractivity contribution in [3.63, 3.8) is 0 Å². The zero-order chi connectivity index (χ0) is 16.1. The smallest absolute Gasteiger partial charge is 0.225 e. The van der Waals surface area contributed by atoms with Gasteiger partial charge in [-0.3, -0.25) is 4.79 Å². The highest BCUT2D eigenvalue weighted by molar-refractivity contribution is 7.99. The Bertz CT molecular complexity index is 694. The van der Waals surface area contributed by atoms with Crippen LogP contribution in [0.4, 0.5) is 14.5 Å². The molecule has 0 bridgehead atoms. The van der Waals surface area contributed by atoms with E-state index in [2.05, 4.69) is 5.32 Å². The number of halogens is 3. The minimum absolute atomic E-state index is 0.138. The first-order valence-electron chi connectivity index (χ1n) is 6.59. The molecular formula is C16H14ClF2NOS. The van der Waals surface area contributed by atoms with Crippen molar-refractivity contribution < 1.29 is 13.6 Å². The largest absolute Gasteiger partial charge is 0.326 e. The van der Waals surface area contributed by atoms with Crippen molar-refractivity contribution >= 4 is 35.0 Å². The molecule has 0 aliphatic carbocycles.